The molecule has 2 heteroatoms. The fourth-order valence-electron chi connectivity index (χ4n) is 0.633. The minimum absolute atomic E-state index is 0.264. The van der Waals surface area contributed by atoms with Gasteiger partial charge in [-0.3, -0.25) is 0 Å². The van der Waals surface area contributed by atoms with Crippen molar-refractivity contribution in [2.75, 3.05) is 7.05 Å². The predicted octanol–water partition coefficient (Wildman–Crippen LogP) is 2.46. The van der Waals surface area contributed by atoms with E-state index in [1.54, 1.807) is 25.2 Å². The Hall–Kier alpha value is -1.05. The lowest BCUT2D eigenvalue weighted by Gasteiger charge is -2.12. The molecular weight excluding hydrogens is 117 g/mol. The molecule has 0 unspecified atom stereocenters. The first-order valence-corrected chi connectivity index (χ1v) is 2.69. The van der Waals surface area contributed by atoms with Gasteiger partial charge in [0.25, 0.3) is 0 Å². The summed E-state index contributed by atoms with van der Waals surface area (Å²) in [6.07, 6.45) is 0. The van der Waals surface area contributed by atoms with Gasteiger partial charge in [-0.25, -0.2) is 4.39 Å². The summed E-state index contributed by atoms with van der Waals surface area (Å²) in [4.78, 5) is 0. The molecule has 0 heterocycles. The molecule has 0 aromatic heterocycles. The first kappa shape index (κ1) is 6.08. The van der Waals surface area contributed by atoms with Crippen LogP contribution in [0.4, 0.5) is 10.1 Å². The van der Waals surface area contributed by atoms with Crippen LogP contribution in [-0.4, -0.2) is 7.05 Å². The number of hydrogen-bond donors (Lipinski definition) is 0. The number of halogens is 1. The number of hydrogen-bond acceptors (Lipinski definition) is 0. The van der Waals surface area contributed by atoms with Crippen molar-refractivity contribution in [3.8, 4) is 0 Å². The molecule has 1 aromatic carbocycles. The van der Waals surface area contributed by atoms with E-state index in [1.807, 2.05) is 0 Å². The Balaban J connectivity index is 3.01. The van der Waals surface area contributed by atoms with E-state index in [2.05, 4.69) is 5.32 Å². The molecule has 0 saturated heterocycles. The van der Waals surface area contributed by atoms with E-state index < -0.39 is 0 Å². The lowest BCUT2D eigenvalue weighted by atomic mass is 10.3. The first-order chi connectivity index (χ1) is 4.34. The summed E-state index contributed by atoms with van der Waals surface area (Å²) in [5.41, 5.74) is 0.414. The van der Waals surface area contributed by atoms with Crippen molar-refractivity contribution in [3.05, 3.63) is 35.4 Å². The van der Waals surface area contributed by atoms with Crippen molar-refractivity contribution in [1.29, 1.82) is 0 Å². The van der Waals surface area contributed by atoms with Crippen molar-refractivity contribution in [3.63, 3.8) is 0 Å². The summed E-state index contributed by atoms with van der Waals surface area (Å²) < 4.78 is 12.5. The highest BCUT2D eigenvalue weighted by molar-refractivity contribution is 5.47. The zero-order valence-electron chi connectivity index (χ0n) is 5.13. The Morgan fingerprint density at radius 1 is 1.33 bits per heavy atom. The summed E-state index contributed by atoms with van der Waals surface area (Å²) >= 11 is 0. The zero-order chi connectivity index (χ0) is 6.69. The number of nitrogens with zero attached hydrogens (tertiary/aromatic N) is 1. The highest BCUT2D eigenvalue weighted by Crippen LogP contribution is 2.18. The SMILES string of the molecule is C[N-]c1ccccc1F. The van der Waals surface area contributed by atoms with Gasteiger partial charge in [0.15, 0.2) is 0 Å². The molecule has 1 rings (SSSR count). The quantitative estimate of drug-likeness (QED) is 0.546. The van der Waals surface area contributed by atoms with Gasteiger partial charge in [0.05, 0.1) is 0 Å². The van der Waals surface area contributed by atoms with E-state index in [0.717, 1.165) is 0 Å². The van der Waals surface area contributed by atoms with E-state index in [1.165, 1.54) is 6.07 Å². The molecule has 0 fully saturated rings. The standard InChI is InChI=1S/C7H7FN/c1-9-7-5-3-2-4-6(7)8/h2-5H,1H3/q-1. The minimum atomic E-state index is -0.264. The molecule has 0 radical (unpaired) electrons. The van der Waals surface area contributed by atoms with Crippen molar-refractivity contribution in [2.45, 2.75) is 0 Å². The van der Waals surface area contributed by atoms with Crippen molar-refractivity contribution >= 4 is 5.69 Å². The van der Waals surface area contributed by atoms with Gasteiger partial charge in [-0.2, -0.15) is 0 Å². The maximum Gasteiger partial charge on any atom is 0.108 e. The van der Waals surface area contributed by atoms with Gasteiger partial charge in [-0.05, 0) is 6.07 Å². The largest absolute Gasteiger partial charge is 0.685 e. The maximum absolute atomic E-state index is 12.5. The van der Waals surface area contributed by atoms with Crippen LogP contribution in [0.5, 0.6) is 0 Å². The highest BCUT2D eigenvalue weighted by Gasteiger charge is 1.84. The summed E-state index contributed by atoms with van der Waals surface area (Å²) in [6, 6.07) is 6.42. The number of rotatable bonds is 1. The lowest BCUT2D eigenvalue weighted by Crippen LogP contribution is -1.72. The molecule has 0 aliphatic rings. The molecule has 0 atom stereocenters. The molecule has 9 heavy (non-hydrogen) atoms. The van der Waals surface area contributed by atoms with Gasteiger partial charge < -0.3 is 5.32 Å². The van der Waals surface area contributed by atoms with Gasteiger partial charge in [-0.15, -0.1) is 12.7 Å². The average Bonchev–Trinajstić information content (AvgIpc) is 1.89. The first-order valence-electron chi connectivity index (χ1n) is 2.69. The van der Waals surface area contributed by atoms with E-state index >= 15 is 0 Å². The molecular formula is C7H7FN-. The third kappa shape index (κ3) is 1.19. The minimum Gasteiger partial charge on any atom is -0.685 e. The maximum atomic E-state index is 12.5. The van der Waals surface area contributed by atoms with Gasteiger partial charge in [0.2, 0.25) is 0 Å². The Labute approximate surface area is 53.5 Å². The number of benzene rings is 1. The van der Waals surface area contributed by atoms with Crippen LogP contribution in [-0.2, 0) is 0 Å². The van der Waals surface area contributed by atoms with Gasteiger partial charge in [-0.1, -0.05) is 18.2 Å². The smallest absolute Gasteiger partial charge is 0.108 e. The predicted molar refractivity (Wildman–Crippen MR) is 35.3 cm³/mol. The lowest BCUT2D eigenvalue weighted by molar-refractivity contribution is 0.633. The second-order valence-corrected chi connectivity index (χ2v) is 1.68. The molecule has 0 aliphatic heterocycles. The summed E-state index contributed by atoms with van der Waals surface area (Å²) in [5, 5.41) is 3.70. The Bertz CT molecular complexity index is 198. The Morgan fingerprint density at radius 2 is 2.00 bits per heavy atom. The van der Waals surface area contributed by atoms with Crippen molar-refractivity contribution in [2.24, 2.45) is 0 Å². The van der Waals surface area contributed by atoms with Crippen LogP contribution in [0, 0.1) is 5.82 Å². The zero-order valence-corrected chi connectivity index (χ0v) is 5.13. The molecule has 0 amide bonds. The van der Waals surface area contributed by atoms with Crippen LogP contribution in [0.3, 0.4) is 0 Å². The van der Waals surface area contributed by atoms with Gasteiger partial charge in [0, 0.05) is 0 Å². The molecule has 0 aliphatic carbocycles. The fraction of sp³-hybridized carbons (Fsp3) is 0.143. The Morgan fingerprint density at radius 3 is 2.44 bits per heavy atom. The Kier molecular flexibility index (Phi) is 1.68. The molecule has 1 nitrogen and oxygen atoms in total. The number of para-hydroxylation sites is 1. The summed E-state index contributed by atoms with van der Waals surface area (Å²) in [7, 11) is 1.57. The monoisotopic (exact) mass is 124 g/mol. The third-order valence-corrected chi connectivity index (χ3v) is 1.09. The van der Waals surface area contributed by atoms with Crippen molar-refractivity contribution in [1.82, 2.24) is 0 Å². The molecule has 0 bridgehead atoms. The fourth-order valence-corrected chi connectivity index (χ4v) is 0.633. The van der Waals surface area contributed by atoms with Crippen LogP contribution >= 0.6 is 0 Å². The molecule has 0 N–H and O–H groups in total. The second kappa shape index (κ2) is 2.49. The van der Waals surface area contributed by atoms with Gasteiger partial charge in [0.1, 0.15) is 5.82 Å². The van der Waals surface area contributed by atoms with Crippen LogP contribution in [0.15, 0.2) is 24.3 Å². The third-order valence-electron chi connectivity index (χ3n) is 1.09. The topological polar surface area (TPSA) is 14.1 Å². The molecule has 0 saturated carbocycles. The summed E-state index contributed by atoms with van der Waals surface area (Å²) in [5.74, 6) is -0.264. The average molecular weight is 124 g/mol. The van der Waals surface area contributed by atoms with Crippen LogP contribution in [0.25, 0.3) is 5.32 Å². The van der Waals surface area contributed by atoms with Crippen molar-refractivity contribution < 1.29 is 4.39 Å². The van der Waals surface area contributed by atoms with Crippen LogP contribution in [0.2, 0.25) is 0 Å². The van der Waals surface area contributed by atoms with E-state index in [9.17, 15) is 4.39 Å². The van der Waals surface area contributed by atoms with Crippen LogP contribution < -0.4 is 0 Å². The summed E-state index contributed by atoms with van der Waals surface area (Å²) in [6.45, 7) is 0. The van der Waals surface area contributed by atoms with E-state index in [0.29, 0.717) is 5.69 Å². The highest BCUT2D eigenvalue weighted by atomic mass is 19.1. The van der Waals surface area contributed by atoms with Gasteiger partial charge >= 0.3 is 0 Å². The van der Waals surface area contributed by atoms with Crippen LogP contribution in [0.1, 0.15) is 0 Å². The van der Waals surface area contributed by atoms with E-state index in [-0.39, 0.29) is 5.82 Å². The molecule has 48 valence electrons. The molecule has 1 aromatic rings. The normalized spacial score (nSPS) is 9.11. The molecule has 0 spiro atoms. The van der Waals surface area contributed by atoms with E-state index in [4.69, 9.17) is 0 Å². The second-order valence-electron chi connectivity index (χ2n) is 1.68.